The van der Waals surface area contributed by atoms with E-state index in [1.54, 1.807) is 12.1 Å². The van der Waals surface area contributed by atoms with Crippen LogP contribution in [0.15, 0.2) is 18.2 Å². The Hall–Kier alpha value is -1.26. The van der Waals surface area contributed by atoms with Crippen LogP contribution in [0, 0.1) is 0 Å². The molecule has 0 saturated carbocycles. The van der Waals surface area contributed by atoms with E-state index in [0.29, 0.717) is 17.2 Å². The van der Waals surface area contributed by atoms with Gasteiger partial charge in [0.05, 0.1) is 5.60 Å². The van der Waals surface area contributed by atoms with Crippen LogP contribution in [0.4, 0.5) is 0 Å². The highest BCUT2D eigenvalue weighted by Crippen LogP contribution is 2.40. The minimum atomic E-state index is -1.06. The molecular formula is C15H19ClO4. The van der Waals surface area contributed by atoms with Crippen molar-refractivity contribution in [1.29, 1.82) is 0 Å². The molecule has 1 aromatic rings. The monoisotopic (exact) mass is 298 g/mol. The quantitative estimate of drug-likeness (QED) is 0.923. The molecule has 1 aromatic carbocycles. The zero-order chi connectivity index (χ0) is 15.1. The minimum absolute atomic E-state index is 0.0676. The van der Waals surface area contributed by atoms with Gasteiger partial charge in [-0.05, 0) is 45.9 Å². The molecule has 0 amide bonds. The van der Waals surface area contributed by atoms with Gasteiger partial charge in [-0.25, -0.2) is 4.79 Å². The summed E-state index contributed by atoms with van der Waals surface area (Å²) in [6.45, 7) is 7.89. The van der Waals surface area contributed by atoms with Gasteiger partial charge < -0.3 is 14.6 Å². The number of hydrogen-bond donors (Lipinski definition) is 1. The average molecular weight is 299 g/mol. The van der Waals surface area contributed by atoms with E-state index in [4.69, 9.17) is 21.1 Å². The molecule has 0 aromatic heterocycles. The lowest BCUT2D eigenvalue weighted by Gasteiger charge is -2.27. The fourth-order valence-electron chi connectivity index (χ4n) is 2.62. The Kier molecular flexibility index (Phi) is 3.73. The predicted molar refractivity (Wildman–Crippen MR) is 76.7 cm³/mol. The van der Waals surface area contributed by atoms with Crippen LogP contribution in [0.5, 0.6) is 5.75 Å². The van der Waals surface area contributed by atoms with Crippen molar-refractivity contribution in [3.05, 3.63) is 28.8 Å². The molecule has 2 rings (SSSR count). The van der Waals surface area contributed by atoms with Crippen molar-refractivity contribution in [2.24, 2.45) is 0 Å². The number of ether oxygens (including phenoxy) is 2. The second-order valence-corrected chi connectivity index (χ2v) is 6.66. The average Bonchev–Trinajstić information content (AvgIpc) is 2.48. The van der Waals surface area contributed by atoms with E-state index in [9.17, 15) is 9.90 Å². The zero-order valence-electron chi connectivity index (χ0n) is 12.1. The number of carboxylic acids is 1. The van der Waals surface area contributed by atoms with E-state index in [1.807, 2.05) is 27.7 Å². The third-order valence-electron chi connectivity index (χ3n) is 3.43. The molecule has 20 heavy (non-hydrogen) atoms. The number of rotatable bonds is 3. The summed E-state index contributed by atoms with van der Waals surface area (Å²) < 4.78 is 11.9. The van der Waals surface area contributed by atoms with Crippen LogP contribution in [0.1, 0.15) is 44.5 Å². The summed E-state index contributed by atoms with van der Waals surface area (Å²) in [4.78, 5) is 11.3. The molecular weight excluding hydrogens is 280 g/mol. The first kappa shape index (κ1) is 15.1. The maximum Gasteiger partial charge on any atom is 0.339 e. The van der Waals surface area contributed by atoms with Crippen molar-refractivity contribution in [1.82, 2.24) is 0 Å². The lowest BCUT2D eigenvalue weighted by molar-refractivity contribution is -0.0846. The molecule has 1 N–H and O–H groups in total. The first-order chi connectivity index (χ1) is 9.11. The maximum absolute atomic E-state index is 11.3. The van der Waals surface area contributed by atoms with Crippen molar-refractivity contribution in [2.75, 3.05) is 0 Å². The van der Waals surface area contributed by atoms with E-state index < -0.39 is 11.6 Å². The van der Waals surface area contributed by atoms with Crippen LogP contribution in [-0.4, -0.2) is 28.4 Å². The highest BCUT2D eigenvalue weighted by atomic mass is 35.5. The standard InChI is InChI=1S/C15H19ClO4/c1-14(2)8-12(15(3,4)20-14)19-11-6-5-9(16)7-10(11)13(17)18/h5-7,12H,8H2,1-4H3,(H,17,18). The number of aromatic carboxylic acids is 1. The lowest BCUT2D eigenvalue weighted by atomic mass is 9.97. The zero-order valence-corrected chi connectivity index (χ0v) is 12.8. The highest BCUT2D eigenvalue weighted by Gasteiger charge is 2.47. The van der Waals surface area contributed by atoms with E-state index in [0.717, 1.165) is 0 Å². The second kappa shape index (κ2) is 4.93. The van der Waals surface area contributed by atoms with E-state index in [1.165, 1.54) is 6.07 Å². The van der Waals surface area contributed by atoms with Gasteiger partial charge >= 0.3 is 5.97 Å². The van der Waals surface area contributed by atoms with Crippen molar-refractivity contribution < 1.29 is 19.4 Å². The molecule has 4 nitrogen and oxygen atoms in total. The molecule has 0 bridgehead atoms. The third-order valence-corrected chi connectivity index (χ3v) is 3.67. The third kappa shape index (κ3) is 3.07. The molecule has 0 aliphatic carbocycles. The van der Waals surface area contributed by atoms with Gasteiger partial charge in [0.15, 0.2) is 0 Å². The largest absolute Gasteiger partial charge is 0.486 e. The summed E-state index contributed by atoms with van der Waals surface area (Å²) in [6, 6.07) is 4.61. The molecule has 1 unspecified atom stereocenters. The van der Waals surface area contributed by atoms with Gasteiger partial charge in [0.1, 0.15) is 23.0 Å². The predicted octanol–water partition coefficient (Wildman–Crippen LogP) is 3.76. The van der Waals surface area contributed by atoms with Crippen molar-refractivity contribution in [2.45, 2.75) is 51.4 Å². The molecule has 110 valence electrons. The van der Waals surface area contributed by atoms with Crippen LogP contribution in [-0.2, 0) is 4.74 Å². The number of carboxylic acid groups (broad SMARTS) is 1. The molecule has 5 heteroatoms. The van der Waals surface area contributed by atoms with Gasteiger partial charge in [-0.3, -0.25) is 0 Å². The van der Waals surface area contributed by atoms with Gasteiger partial charge in [-0.2, -0.15) is 0 Å². The summed E-state index contributed by atoms with van der Waals surface area (Å²) in [5.74, 6) is -0.736. The van der Waals surface area contributed by atoms with Gasteiger partial charge in [-0.15, -0.1) is 0 Å². The molecule has 1 atom stereocenters. The molecule has 0 spiro atoms. The fourth-order valence-corrected chi connectivity index (χ4v) is 2.79. The first-order valence-corrected chi connectivity index (χ1v) is 6.88. The Balaban J connectivity index is 2.29. The molecule has 1 saturated heterocycles. The van der Waals surface area contributed by atoms with Gasteiger partial charge in [0.2, 0.25) is 0 Å². The summed E-state index contributed by atoms with van der Waals surface area (Å²) >= 11 is 5.84. The van der Waals surface area contributed by atoms with Crippen LogP contribution in [0.3, 0.4) is 0 Å². The Morgan fingerprint density at radius 1 is 1.40 bits per heavy atom. The summed E-state index contributed by atoms with van der Waals surface area (Å²) in [5.41, 5.74) is -0.693. The molecule has 1 aliphatic rings. The normalized spacial score (nSPS) is 23.6. The molecule has 1 aliphatic heterocycles. The van der Waals surface area contributed by atoms with Crippen molar-refractivity contribution in [3.8, 4) is 5.75 Å². The van der Waals surface area contributed by atoms with E-state index >= 15 is 0 Å². The highest BCUT2D eigenvalue weighted by molar-refractivity contribution is 6.31. The molecule has 0 radical (unpaired) electrons. The van der Waals surface area contributed by atoms with E-state index in [-0.39, 0.29) is 17.3 Å². The smallest absolute Gasteiger partial charge is 0.339 e. The van der Waals surface area contributed by atoms with Crippen LogP contribution in [0.25, 0.3) is 0 Å². The number of halogens is 1. The van der Waals surface area contributed by atoms with Crippen molar-refractivity contribution >= 4 is 17.6 Å². The maximum atomic E-state index is 11.3. The topological polar surface area (TPSA) is 55.8 Å². The Labute approximate surface area is 123 Å². The fraction of sp³-hybridized carbons (Fsp3) is 0.533. The number of carbonyl (C=O) groups is 1. The first-order valence-electron chi connectivity index (χ1n) is 6.50. The van der Waals surface area contributed by atoms with E-state index in [2.05, 4.69) is 0 Å². The van der Waals surface area contributed by atoms with Crippen LogP contribution < -0.4 is 4.74 Å². The van der Waals surface area contributed by atoms with Gasteiger partial charge in [-0.1, -0.05) is 11.6 Å². The SMILES string of the molecule is CC1(C)CC(Oc2ccc(Cl)cc2C(=O)O)C(C)(C)O1. The Morgan fingerprint density at radius 2 is 2.05 bits per heavy atom. The summed E-state index contributed by atoms with van der Waals surface area (Å²) in [7, 11) is 0. The number of hydrogen-bond acceptors (Lipinski definition) is 3. The van der Waals surface area contributed by atoms with Crippen LogP contribution in [0.2, 0.25) is 5.02 Å². The van der Waals surface area contributed by atoms with Gasteiger partial charge in [0, 0.05) is 11.4 Å². The number of benzene rings is 1. The Morgan fingerprint density at radius 3 is 2.55 bits per heavy atom. The minimum Gasteiger partial charge on any atom is -0.486 e. The lowest BCUT2D eigenvalue weighted by Crippen LogP contribution is -2.37. The molecule has 1 fully saturated rings. The summed E-state index contributed by atoms with van der Waals surface area (Å²) in [5, 5.41) is 9.60. The Bertz CT molecular complexity index is 537. The van der Waals surface area contributed by atoms with Crippen molar-refractivity contribution in [3.63, 3.8) is 0 Å². The summed E-state index contributed by atoms with van der Waals surface area (Å²) in [6.07, 6.45) is 0.485. The van der Waals surface area contributed by atoms with Gasteiger partial charge in [0.25, 0.3) is 0 Å². The second-order valence-electron chi connectivity index (χ2n) is 6.22. The molecule has 1 heterocycles. The van der Waals surface area contributed by atoms with Crippen LogP contribution >= 0.6 is 11.6 Å².